The first kappa shape index (κ1) is 16.0. The lowest BCUT2D eigenvalue weighted by Gasteiger charge is -2.30. The lowest BCUT2D eigenvalue weighted by atomic mass is 9.95. The van der Waals surface area contributed by atoms with Gasteiger partial charge in [-0.1, -0.05) is 36.4 Å². The number of rotatable bonds is 3. The van der Waals surface area contributed by atoms with Crippen LogP contribution in [0.25, 0.3) is 0 Å². The monoisotopic (exact) mass is 352 g/mol. The summed E-state index contributed by atoms with van der Waals surface area (Å²) in [5.74, 6) is -0.380. The summed E-state index contributed by atoms with van der Waals surface area (Å²) in [4.78, 5) is 15.7. The topological polar surface area (TPSA) is 32.3 Å². The number of carbonyl (C=O) groups is 1. The number of carbonyl (C=O) groups excluding carboxylic acids is 1. The van der Waals surface area contributed by atoms with Crippen molar-refractivity contribution < 1.29 is 9.18 Å². The Morgan fingerprint density at radius 3 is 2.72 bits per heavy atom. The van der Waals surface area contributed by atoms with Gasteiger partial charge in [-0.2, -0.15) is 0 Å². The van der Waals surface area contributed by atoms with E-state index in [2.05, 4.69) is 16.3 Å². The molecule has 1 amide bonds. The summed E-state index contributed by atoms with van der Waals surface area (Å²) in [6.45, 7) is 0.897. The second-order valence-electron chi connectivity index (χ2n) is 6.08. The lowest BCUT2D eigenvalue weighted by Crippen LogP contribution is -2.33. The van der Waals surface area contributed by atoms with Gasteiger partial charge in [0, 0.05) is 22.7 Å². The van der Waals surface area contributed by atoms with E-state index in [0.717, 1.165) is 11.1 Å². The van der Waals surface area contributed by atoms with Crippen LogP contribution in [0.2, 0.25) is 0 Å². The SMILES string of the molecule is O=C1CN(Cc2cccs2)C(c2ccccc2)c2cc(F)ccc2N1. The fourth-order valence-corrected chi connectivity index (χ4v) is 4.04. The molecule has 0 saturated carbocycles. The van der Waals surface area contributed by atoms with E-state index in [1.165, 1.54) is 17.0 Å². The molecule has 126 valence electrons. The zero-order valence-electron chi connectivity index (χ0n) is 13.5. The van der Waals surface area contributed by atoms with Crippen molar-refractivity contribution in [3.8, 4) is 0 Å². The molecule has 3 aromatic rings. The number of amides is 1. The van der Waals surface area contributed by atoms with Crippen LogP contribution in [0.5, 0.6) is 0 Å². The summed E-state index contributed by atoms with van der Waals surface area (Å²) >= 11 is 1.66. The highest BCUT2D eigenvalue weighted by atomic mass is 32.1. The second kappa shape index (κ2) is 6.78. The Bertz CT molecular complexity index is 880. The van der Waals surface area contributed by atoms with E-state index in [1.54, 1.807) is 17.4 Å². The molecule has 1 aliphatic heterocycles. The van der Waals surface area contributed by atoms with Crippen LogP contribution in [0, 0.1) is 5.82 Å². The van der Waals surface area contributed by atoms with Crippen LogP contribution in [-0.4, -0.2) is 17.4 Å². The molecule has 25 heavy (non-hydrogen) atoms. The van der Waals surface area contributed by atoms with E-state index < -0.39 is 0 Å². The van der Waals surface area contributed by atoms with Gasteiger partial charge < -0.3 is 5.32 Å². The highest BCUT2D eigenvalue weighted by Crippen LogP contribution is 2.37. The molecule has 1 aromatic heterocycles. The maximum Gasteiger partial charge on any atom is 0.238 e. The predicted molar refractivity (Wildman–Crippen MR) is 98.0 cm³/mol. The van der Waals surface area contributed by atoms with Crippen molar-refractivity contribution >= 4 is 22.9 Å². The molecule has 0 radical (unpaired) electrons. The third-order valence-electron chi connectivity index (χ3n) is 4.35. The van der Waals surface area contributed by atoms with Crippen LogP contribution in [0.4, 0.5) is 10.1 Å². The van der Waals surface area contributed by atoms with Gasteiger partial charge in [0.15, 0.2) is 0 Å². The molecule has 1 unspecified atom stereocenters. The zero-order valence-corrected chi connectivity index (χ0v) is 14.3. The Hall–Kier alpha value is -2.50. The second-order valence-corrected chi connectivity index (χ2v) is 7.11. The number of hydrogen-bond donors (Lipinski definition) is 1. The largest absolute Gasteiger partial charge is 0.325 e. The average Bonchev–Trinajstić information content (AvgIpc) is 3.06. The van der Waals surface area contributed by atoms with Crippen molar-refractivity contribution in [2.75, 3.05) is 11.9 Å². The standard InChI is InChI=1S/C20H17FN2OS/c21-15-8-9-18-17(11-15)20(14-5-2-1-3-6-14)23(13-19(24)22-18)12-16-7-4-10-25-16/h1-11,20H,12-13H2,(H,22,24). The van der Waals surface area contributed by atoms with Crippen molar-refractivity contribution in [1.29, 1.82) is 0 Å². The van der Waals surface area contributed by atoms with E-state index in [1.807, 2.05) is 41.8 Å². The summed E-state index contributed by atoms with van der Waals surface area (Å²) in [6.07, 6.45) is 0. The molecule has 1 N–H and O–H groups in total. The normalized spacial score (nSPS) is 17.6. The molecule has 1 atom stereocenters. The quantitative estimate of drug-likeness (QED) is 0.756. The number of nitrogens with one attached hydrogen (secondary N) is 1. The average molecular weight is 352 g/mol. The predicted octanol–water partition coefficient (Wildman–Crippen LogP) is 4.43. The summed E-state index contributed by atoms with van der Waals surface area (Å²) in [6, 6.07) is 18.4. The van der Waals surface area contributed by atoms with Gasteiger partial charge in [-0.15, -0.1) is 11.3 Å². The summed E-state index contributed by atoms with van der Waals surface area (Å²) < 4.78 is 14.0. The molecule has 0 spiro atoms. The van der Waals surface area contributed by atoms with Crippen LogP contribution in [0.1, 0.15) is 22.0 Å². The Balaban J connectivity index is 1.84. The first-order valence-electron chi connectivity index (χ1n) is 8.11. The number of anilines is 1. The minimum atomic E-state index is -0.299. The fourth-order valence-electron chi connectivity index (χ4n) is 3.31. The van der Waals surface area contributed by atoms with Crippen LogP contribution < -0.4 is 5.32 Å². The van der Waals surface area contributed by atoms with E-state index in [0.29, 0.717) is 12.2 Å². The maximum absolute atomic E-state index is 14.0. The highest BCUT2D eigenvalue weighted by Gasteiger charge is 2.30. The molecular weight excluding hydrogens is 335 g/mol. The van der Waals surface area contributed by atoms with Crippen molar-refractivity contribution in [3.05, 3.63) is 87.9 Å². The Morgan fingerprint density at radius 1 is 1.12 bits per heavy atom. The van der Waals surface area contributed by atoms with Gasteiger partial charge >= 0.3 is 0 Å². The van der Waals surface area contributed by atoms with Gasteiger partial charge in [-0.3, -0.25) is 9.69 Å². The first-order valence-corrected chi connectivity index (χ1v) is 8.99. The number of hydrogen-bond acceptors (Lipinski definition) is 3. The molecule has 0 aliphatic carbocycles. The Morgan fingerprint density at radius 2 is 1.96 bits per heavy atom. The molecule has 2 heterocycles. The van der Waals surface area contributed by atoms with Crippen LogP contribution in [0.15, 0.2) is 66.0 Å². The molecule has 2 aromatic carbocycles. The Labute approximate surface area is 149 Å². The molecule has 0 bridgehead atoms. The minimum absolute atomic E-state index is 0.0807. The summed E-state index contributed by atoms with van der Waals surface area (Å²) in [5.41, 5.74) is 2.50. The molecule has 3 nitrogen and oxygen atoms in total. The van der Waals surface area contributed by atoms with Crippen molar-refractivity contribution in [2.24, 2.45) is 0 Å². The van der Waals surface area contributed by atoms with E-state index in [4.69, 9.17) is 0 Å². The maximum atomic E-state index is 14.0. The number of thiophene rings is 1. The van der Waals surface area contributed by atoms with E-state index >= 15 is 0 Å². The van der Waals surface area contributed by atoms with Gasteiger partial charge in [0.1, 0.15) is 5.82 Å². The third kappa shape index (κ3) is 3.34. The van der Waals surface area contributed by atoms with Crippen LogP contribution in [0.3, 0.4) is 0 Å². The number of halogens is 1. The summed E-state index contributed by atoms with van der Waals surface area (Å²) in [5, 5.41) is 4.94. The first-order chi connectivity index (χ1) is 12.2. The smallest absolute Gasteiger partial charge is 0.238 e. The molecular formula is C20H17FN2OS. The van der Waals surface area contributed by atoms with E-state index in [-0.39, 0.29) is 24.3 Å². The zero-order chi connectivity index (χ0) is 17.2. The van der Waals surface area contributed by atoms with Gasteiger partial charge in [-0.05, 0) is 35.2 Å². The minimum Gasteiger partial charge on any atom is -0.325 e. The highest BCUT2D eigenvalue weighted by molar-refractivity contribution is 7.09. The van der Waals surface area contributed by atoms with E-state index in [9.17, 15) is 9.18 Å². The number of nitrogens with zero attached hydrogens (tertiary/aromatic N) is 1. The van der Waals surface area contributed by atoms with Crippen LogP contribution >= 0.6 is 11.3 Å². The third-order valence-corrected chi connectivity index (χ3v) is 5.21. The molecule has 0 fully saturated rings. The molecule has 5 heteroatoms. The summed E-state index contributed by atoms with van der Waals surface area (Å²) in [7, 11) is 0. The molecule has 1 aliphatic rings. The van der Waals surface area contributed by atoms with Gasteiger partial charge in [0.25, 0.3) is 0 Å². The van der Waals surface area contributed by atoms with Gasteiger partial charge in [0.2, 0.25) is 5.91 Å². The van der Waals surface area contributed by atoms with Crippen LogP contribution in [-0.2, 0) is 11.3 Å². The van der Waals surface area contributed by atoms with Crippen molar-refractivity contribution in [1.82, 2.24) is 4.90 Å². The number of fused-ring (bicyclic) bond motifs is 1. The lowest BCUT2D eigenvalue weighted by molar-refractivity contribution is -0.117. The molecule has 4 rings (SSSR count). The number of benzene rings is 2. The fraction of sp³-hybridized carbons (Fsp3) is 0.150. The van der Waals surface area contributed by atoms with Gasteiger partial charge in [0.05, 0.1) is 12.6 Å². The van der Waals surface area contributed by atoms with Gasteiger partial charge in [-0.25, -0.2) is 4.39 Å². The van der Waals surface area contributed by atoms with Crippen molar-refractivity contribution in [3.63, 3.8) is 0 Å². The Kier molecular flexibility index (Phi) is 4.34. The molecule has 0 saturated heterocycles. The van der Waals surface area contributed by atoms with Crippen molar-refractivity contribution in [2.45, 2.75) is 12.6 Å².